The molecule has 6 nitrogen and oxygen atoms in total. The van der Waals surface area contributed by atoms with Gasteiger partial charge in [0.25, 0.3) is 0 Å². The predicted molar refractivity (Wildman–Crippen MR) is 55.8 cm³/mol. The van der Waals surface area contributed by atoms with Gasteiger partial charge in [0.05, 0.1) is 0 Å². The second-order valence-corrected chi connectivity index (χ2v) is 4.43. The number of carbonyl (C=O) groups is 1. The molecular weight excluding hydrogens is 208 g/mol. The zero-order valence-electron chi connectivity index (χ0n) is 9.33. The molecule has 0 saturated heterocycles. The van der Waals surface area contributed by atoms with Crippen LogP contribution in [-0.4, -0.2) is 31.3 Å². The van der Waals surface area contributed by atoms with Gasteiger partial charge in [-0.1, -0.05) is 12.8 Å². The van der Waals surface area contributed by atoms with E-state index < -0.39 is 11.9 Å². The van der Waals surface area contributed by atoms with Crippen LogP contribution in [0.2, 0.25) is 0 Å². The van der Waals surface area contributed by atoms with Crippen LogP contribution in [-0.2, 0) is 11.3 Å². The van der Waals surface area contributed by atoms with Gasteiger partial charge in [0, 0.05) is 6.54 Å². The molecular formula is C10H16N4O2. The molecule has 1 aliphatic carbocycles. The Bertz CT molecular complexity index is 371. The Hall–Kier alpha value is -1.46. The van der Waals surface area contributed by atoms with Crippen LogP contribution in [0.5, 0.6) is 0 Å². The molecule has 1 heterocycles. The normalized spacial score (nSPS) is 18.8. The van der Waals surface area contributed by atoms with Gasteiger partial charge < -0.3 is 5.11 Å². The average Bonchev–Trinajstić information content (AvgIpc) is 2.88. The van der Waals surface area contributed by atoms with Gasteiger partial charge in [-0.15, -0.1) is 5.10 Å². The van der Waals surface area contributed by atoms with E-state index in [-0.39, 0.29) is 0 Å². The van der Waals surface area contributed by atoms with Crippen LogP contribution < -0.4 is 0 Å². The summed E-state index contributed by atoms with van der Waals surface area (Å²) in [6.45, 7) is 2.36. The molecule has 1 aromatic rings. The Morgan fingerprint density at radius 2 is 2.25 bits per heavy atom. The lowest BCUT2D eigenvalue weighted by Crippen LogP contribution is -2.18. The Kier molecular flexibility index (Phi) is 3.17. The van der Waals surface area contributed by atoms with Gasteiger partial charge in [-0.2, -0.15) is 0 Å². The minimum absolute atomic E-state index is 0.458. The second-order valence-electron chi connectivity index (χ2n) is 4.43. The molecule has 1 atom stereocenters. The quantitative estimate of drug-likeness (QED) is 0.826. The van der Waals surface area contributed by atoms with Crippen LogP contribution in [0, 0.1) is 5.92 Å². The van der Waals surface area contributed by atoms with E-state index in [1.165, 1.54) is 25.7 Å². The van der Waals surface area contributed by atoms with E-state index in [1.807, 2.05) is 0 Å². The SMILES string of the molecule is CC(C(=O)O)c1nnnn1CC1CCCC1. The van der Waals surface area contributed by atoms with Gasteiger partial charge in [0.2, 0.25) is 0 Å². The average molecular weight is 224 g/mol. The Morgan fingerprint density at radius 3 is 2.88 bits per heavy atom. The van der Waals surface area contributed by atoms with Gasteiger partial charge in [-0.25, -0.2) is 4.68 Å². The number of aromatic nitrogens is 4. The fraction of sp³-hybridized carbons (Fsp3) is 0.800. The third-order valence-corrected chi connectivity index (χ3v) is 3.22. The summed E-state index contributed by atoms with van der Waals surface area (Å²) in [5.74, 6) is -0.471. The topological polar surface area (TPSA) is 80.9 Å². The largest absolute Gasteiger partial charge is 0.481 e. The summed E-state index contributed by atoms with van der Waals surface area (Å²) in [5.41, 5.74) is 0. The number of aliphatic carboxylic acids is 1. The van der Waals surface area contributed by atoms with Gasteiger partial charge in [0.15, 0.2) is 5.82 Å². The van der Waals surface area contributed by atoms with E-state index in [0.717, 1.165) is 6.54 Å². The van der Waals surface area contributed by atoms with E-state index in [0.29, 0.717) is 11.7 Å². The summed E-state index contributed by atoms with van der Waals surface area (Å²) >= 11 is 0. The van der Waals surface area contributed by atoms with E-state index in [4.69, 9.17) is 5.11 Å². The molecule has 1 aromatic heterocycles. The summed E-state index contributed by atoms with van der Waals surface area (Å²) < 4.78 is 1.65. The van der Waals surface area contributed by atoms with Crippen LogP contribution in [0.1, 0.15) is 44.3 Å². The molecule has 1 unspecified atom stereocenters. The van der Waals surface area contributed by atoms with Crippen LogP contribution >= 0.6 is 0 Å². The first-order valence-corrected chi connectivity index (χ1v) is 5.67. The minimum atomic E-state index is -0.887. The molecule has 0 radical (unpaired) electrons. The maximum absolute atomic E-state index is 10.9. The second kappa shape index (κ2) is 4.59. The van der Waals surface area contributed by atoms with E-state index in [2.05, 4.69) is 15.5 Å². The third kappa shape index (κ3) is 2.20. The van der Waals surface area contributed by atoms with Crippen molar-refractivity contribution in [2.45, 2.75) is 45.1 Å². The molecule has 1 saturated carbocycles. The smallest absolute Gasteiger partial charge is 0.314 e. The highest BCUT2D eigenvalue weighted by Gasteiger charge is 2.23. The van der Waals surface area contributed by atoms with Crippen LogP contribution in [0.25, 0.3) is 0 Å². The highest BCUT2D eigenvalue weighted by Crippen LogP contribution is 2.26. The lowest BCUT2D eigenvalue weighted by Gasteiger charge is -2.11. The number of tetrazole rings is 1. The Morgan fingerprint density at radius 1 is 1.56 bits per heavy atom. The number of carboxylic acid groups (broad SMARTS) is 1. The standard InChI is InChI=1S/C10H16N4O2/c1-7(10(15)16)9-11-12-13-14(9)6-8-4-2-3-5-8/h7-8H,2-6H2,1H3,(H,15,16). The molecule has 0 spiro atoms. The molecule has 0 aromatic carbocycles. The van der Waals surface area contributed by atoms with E-state index >= 15 is 0 Å². The van der Waals surface area contributed by atoms with Crippen molar-refractivity contribution in [2.75, 3.05) is 0 Å². The van der Waals surface area contributed by atoms with Gasteiger partial charge in [-0.3, -0.25) is 4.79 Å². The molecule has 16 heavy (non-hydrogen) atoms. The van der Waals surface area contributed by atoms with Crippen molar-refractivity contribution in [3.05, 3.63) is 5.82 Å². The lowest BCUT2D eigenvalue weighted by molar-refractivity contribution is -0.138. The summed E-state index contributed by atoms with van der Waals surface area (Å²) in [7, 11) is 0. The molecule has 0 aliphatic heterocycles. The molecule has 1 aliphatic rings. The third-order valence-electron chi connectivity index (χ3n) is 3.22. The number of nitrogens with zero attached hydrogens (tertiary/aromatic N) is 4. The number of carboxylic acids is 1. The minimum Gasteiger partial charge on any atom is -0.481 e. The van der Waals surface area contributed by atoms with Crippen molar-refractivity contribution < 1.29 is 9.90 Å². The highest BCUT2D eigenvalue weighted by molar-refractivity contribution is 5.74. The highest BCUT2D eigenvalue weighted by atomic mass is 16.4. The first kappa shape index (κ1) is 11.0. The lowest BCUT2D eigenvalue weighted by atomic mass is 10.1. The maximum Gasteiger partial charge on any atom is 0.314 e. The number of hydrogen-bond donors (Lipinski definition) is 1. The van der Waals surface area contributed by atoms with E-state index in [9.17, 15) is 4.79 Å². The van der Waals surface area contributed by atoms with Crippen LogP contribution in [0.3, 0.4) is 0 Å². The Balaban J connectivity index is 2.09. The monoisotopic (exact) mass is 224 g/mol. The number of hydrogen-bond acceptors (Lipinski definition) is 4. The number of rotatable bonds is 4. The van der Waals surface area contributed by atoms with Gasteiger partial charge in [0.1, 0.15) is 5.92 Å². The van der Waals surface area contributed by atoms with Gasteiger partial charge >= 0.3 is 5.97 Å². The van der Waals surface area contributed by atoms with Crippen molar-refractivity contribution >= 4 is 5.97 Å². The summed E-state index contributed by atoms with van der Waals surface area (Å²) in [6, 6.07) is 0. The summed E-state index contributed by atoms with van der Waals surface area (Å²) in [6.07, 6.45) is 4.91. The summed E-state index contributed by atoms with van der Waals surface area (Å²) in [5, 5.41) is 20.2. The van der Waals surface area contributed by atoms with E-state index in [1.54, 1.807) is 11.6 Å². The maximum atomic E-state index is 10.9. The summed E-state index contributed by atoms with van der Waals surface area (Å²) in [4.78, 5) is 10.9. The molecule has 6 heteroatoms. The first-order chi connectivity index (χ1) is 7.68. The molecule has 0 amide bonds. The molecule has 2 rings (SSSR count). The van der Waals surface area contributed by atoms with Crippen LogP contribution in [0.4, 0.5) is 0 Å². The predicted octanol–water partition coefficient (Wildman–Crippen LogP) is 1.05. The van der Waals surface area contributed by atoms with Crippen molar-refractivity contribution in [3.8, 4) is 0 Å². The van der Waals surface area contributed by atoms with Crippen molar-refractivity contribution in [3.63, 3.8) is 0 Å². The zero-order chi connectivity index (χ0) is 11.5. The molecule has 0 bridgehead atoms. The molecule has 1 fully saturated rings. The Labute approximate surface area is 93.6 Å². The van der Waals surface area contributed by atoms with Crippen LogP contribution in [0.15, 0.2) is 0 Å². The van der Waals surface area contributed by atoms with Crippen molar-refractivity contribution in [2.24, 2.45) is 5.92 Å². The van der Waals surface area contributed by atoms with Crippen molar-refractivity contribution in [1.29, 1.82) is 0 Å². The molecule has 88 valence electrons. The van der Waals surface area contributed by atoms with Crippen molar-refractivity contribution in [1.82, 2.24) is 20.2 Å². The fourth-order valence-electron chi connectivity index (χ4n) is 2.20. The molecule has 1 N–H and O–H groups in total. The fourth-order valence-corrected chi connectivity index (χ4v) is 2.20. The zero-order valence-corrected chi connectivity index (χ0v) is 9.33. The first-order valence-electron chi connectivity index (χ1n) is 5.67. The van der Waals surface area contributed by atoms with Gasteiger partial charge in [-0.05, 0) is 36.1 Å².